The average Bonchev–Trinajstić information content (AvgIpc) is 2.72. The van der Waals surface area contributed by atoms with Crippen LogP contribution in [0.5, 0.6) is 0 Å². The Bertz CT molecular complexity index is 1070. The summed E-state index contributed by atoms with van der Waals surface area (Å²) in [7, 11) is 0. The number of carbonyl (C=O) groups is 2. The van der Waals surface area contributed by atoms with Crippen LogP contribution in [0.4, 0.5) is 11.4 Å². The van der Waals surface area contributed by atoms with Crippen LogP contribution in [0, 0.1) is 0 Å². The van der Waals surface area contributed by atoms with Crippen molar-refractivity contribution in [1.82, 2.24) is 9.97 Å². The topological polar surface area (TPSA) is 104 Å². The van der Waals surface area contributed by atoms with Gasteiger partial charge in [0.15, 0.2) is 5.16 Å². The van der Waals surface area contributed by atoms with Crippen molar-refractivity contribution in [2.24, 2.45) is 0 Å². The third-order valence-electron chi connectivity index (χ3n) is 3.73. The van der Waals surface area contributed by atoms with Gasteiger partial charge in [0.05, 0.1) is 11.4 Å². The fraction of sp³-hybridized carbons (Fsp3) is 0.143. The minimum Gasteiger partial charge on any atom is -0.326 e. The number of H-pyrrole nitrogens is 1. The summed E-state index contributed by atoms with van der Waals surface area (Å²) < 4.78 is 0. The summed E-state index contributed by atoms with van der Waals surface area (Å²) in [4.78, 5) is 43.3. The van der Waals surface area contributed by atoms with Crippen molar-refractivity contribution in [2.75, 3.05) is 16.4 Å². The van der Waals surface area contributed by atoms with Gasteiger partial charge in [-0.3, -0.25) is 14.4 Å². The fourth-order valence-electron chi connectivity index (χ4n) is 2.47. The molecule has 1 aromatic heterocycles. The van der Waals surface area contributed by atoms with Crippen LogP contribution in [-0.4, -0.2) is 27.5 Å². The molecule has 1 heterocycles. The number of aromatic amines is 1. The Labute approximate surface area is 182 Å². The third-order valence-corrected chi connectivity index (χ3v) is 5.65. The molecule has 7 nitrogen and oxygen atoms in total. The zero-order valence-corrected chi connectivity index (χ0v) is 17.8. The van der Waals surface area contributed by atoms with E-state index in [4.69, 9.17) is 0 Å². The van der Waals surface area contributed by atoms with Crippen LogP contribution in [-0.2, 0) is 15.3 Å². The Morgan fingerprint density at radius 3 is 2.30 bits per heavy atom. The van der Waals surface area contributed by atoms with E-state index in [1.54, 1.807) is 36.0 Å². The largest absolute Gasteiger partial charge is 0.326 e. The van der Waals surface area contributed by atoms with Gasteiger partial charge in [-0.15, -0.1) is 11.8 Å². The zero-order valence-electron chi connectivity index (χ0n) is 16.2. The number of anilines is 2. The van der Waals surface area contributed by atoms with Gasteiger partial charge < -0.3 is 15.6 Å². The van der Waals surface area contributed by atoms with Crippen molar-refractivity contribution in [2.45, 2.75) is 22.7 Å². The molecule has 0 aliphatic carbocycles. The second-order valence-corrected chi connectivity index (χ2v) is 8.25. The number of thioether (sulfide) groups is 2. The minimum absolute atomic E-state index is 0.103. The summed E-state index contributed by atoms with van der Waals surface area (Å²) >= 11 is 2.76. The smallest absolute Gasteiger partial charge is 0.251 e. The SMILES string of the molecule is CC(=O)Nc1ccc(NC(=O)CSc2nc(CSc3ccccc3)cc(=O)[nH]2)cc1. The molecule has 0 saturated carbocycles. The van der Waals surface area contributed by atoms with E-state index in [9.17, 15) is 14.4 Å². The van der Waals surface area contributed by atoms with Gasteiger partial charge >= 0.3 is 0 Å². The molecule has 0 saturated heterocycles. The molecule has 3 aromatic rings. The summed E-state index contributed by atoms with van der Waals surface area (Å²) in [6, 6.07) is 18.2. The Morgan fingerprint density at radius 1 is 0.967 bits per heavy atom. The second-order valence-electron chi connectivity index (χ2n) is 6.24. The van der Waals surface area contributed by atoms with Crippen LogP contribution in [0.1, 0.15) is 12.6 Å². The van der Waals surface area contributed by atoms with E-state index in [2.05, 4.69) is 20.6 Å². The van der Waals surface area contributed by atoms with E-state index in [-0.39, 0.29) is 23.1 Å². The zero-order chi connectivity index (χ0) is 21.3. The highest BCUT2D eigenvalue weighted by Crippen LogP contribution is 2.22. The molecular formula is C21H20N4O3S2. The molecule has 3 N–H and O–H groups in total. The number of rotatable bonds is 8. The number of nitrogens with one attached hydrogen (secondary N) is 3. The summed E-state index contributed by atoms with van der Waals surface area (Å²) in [5, 5.41) is 5.84. The standard InChI is InChI=1S/C21H20N4O3S2/c1-14(26)22-15-7-9-16(10-8-15)23-20(28)13-30-21-24-17(11-19(27)25-21)12-29-18-5-3-2-4-6-18/h2-11H,12-13H2,1H3,(H,22,26)(H,23,28)(H,24,25,27). The lowest BCUT2D eigenvalue weighted by atomic mass is 10.3. The summed E-state index contributed by atoms with van der Waals surface area (Å²) in [6.45, 7) is 1.43. The van der Waals surface area contributed by atoms with Crippen molar-refractivity contribution in [3.05, 3.63) is 76.7 Å². The molecule has 154 valence electrons. The molecule has 9 heteroatoms. The molecule has 2 aromatic carbocycles. The van der Waals surface area contributed by atoms with E-state index in [0.717, 1.165) is 16.7 Å². The van der Waals surface area contributed by atoms with Crippen molar-refractivity contribution in [3.8, 4) is 0 Å². The second kappa shape index (κ2) is 10.7. The normalized spacial score (nSPS) is 10.4. The molecular weight excluding hydrogens is 420 g/mol. The Morgan fingerprint density at radius 2 is 1.63 bits per heavy atom. The monoisotopic (exact) mass is 440 g/mol. The lowest BCUT2D eigenvalue weighted by Crippen LogP contribution is -2.16. The molecule has 0 atom stereocenters. The maximum atomic E-state index is 12.2. The number of nitrogens with zero attached hydrogens (tertiary/aromatic N) is 1. The van der Waals surface area contributed by atoms with Crippen LogP contribution >= 0.6 is 23.5 Å². The van der Waals surface area contributed by atoms with Gasteiger partial charge in [-0.2, -0.15) is 0 Å². The van der Waals surface area contributed by atoms with Gasteiger partial charge in [0.1, 0.15) is 0 Å². The van der Waals surface area contributed by atoms with Crippen LogP contribution < -0.4 is 16.2 Å². The number of carbonyl (C=O) groups excluding carboxylic acids is 2. The molecule has 0 fully saturated rings. The van der Waals surface area contributed by atoms with E-state index in [1.807, 2.05) is 30.3 Å². The number of benzene rings is 2. The predicted octanol–water partition coefficient (Wildman–Crippen LogP) is 3.75. The molecule has 0 unspecified atom stereocenters. The van der Waals surface area contributed by atoms with E-state index in [1.165, 1.54) is 13.0 Å². The first-order chi connectivity index (χ1) is 14.5. The molecule has 0 radical (unpaired) electrons. The summed E-state index contributed by atoms with van der Waals surface area (Å²) in [6.07, 6.45) is 0. The number of hydrogen-bond acceptors (Lipinski definition) is 6. The predicted molar refractivity (Wildman–Crippen MR) is 121 cm³/mol. The van der Waals surface area contributed by atoms with Crippen LogP contribution in [0.25, 0.3) is 0 Å². The van der Waals surface area contributed by atoms with Crippen molar-refractivity contribution in [1.29, 1.82) is 0 Å². The molecule has 30 heavy (non-hydrogen) atoms. The van der Waals surface area contributed by atoms with Gasteiger partial charge in [0.25, 0.3) is 5.56 Å². The van der Waals surface area contributed by atoms with Crippen molar-refractivity contribution in [3.63, 3.8) is 0 Å². The Balaban J connectivity index is 1.53. The van der Waals surface area contributed by atoms with Crippen LogP contribution in [0.3, 0.4) is 0 Å². The number of aromatic nitrogens is 2. The summed E-state index contributed by atoms with van der Waals surface area (Å²) in [5.41, 5.74) is 1.68. The molecule has 0 bridgehead atoms. The molecule has 2 amide bonds. The van der Waals surface area contributed by atoms with Gasteiger partial charge in [0, 0.05) is 35.0 Å². The molecule has 0 spiro atoms. The fourth-order valence-corrected chi connectivity index (χ4v) is 3.98. The number of amides is 2. The maximum absolute atomic E-state index is 12.2. The highest BCUT2D eigenvalue weighted by molar-refractivity contribution is 7.99. The van der Waals surface area contributed by atoms with Crippen molar-refractivity contribution >= 4 is 46.7 Å². The highest BCUT2D eigenvalue weighted by atomic mass is 32.2. The minimum atomic E-state index is -0.245. The first-order valence-electron chi connectivity index (χ1n) is 9.06. The lowest BCUT2D eigenvalue weighted by Gasteiger charge is -2.07. The maximum Gasteiger partial charge on any atom is 0.251 e. The molecule has 3 rings (SSSR count). The molecule has 0 aliphatic heterocycles. The Hall–Kier alpha value is -3.04. The Kier molecular flexibility index (Phi) is 7.69. The highest BCUT2D eigenvalue weighted by Gasteiger charge is 2.08. The van der Waals surface area contributed by atoms with E-state index in [0.29, 0.717) is 28.0 Å². The molecule has 0 aliphatic rings. The first kappa shape index (κ1) is 21.7. The van der Waals surface area contributed by atoms with E-state index >= 15 is 0 Å². The third kappa shape index (κ3) is 7.09. The average molecular weight is 441 g/mol. The van der Waals surface area contributed by atoms with Crippen molar-refractivity contribution < 1.29 is 9.59 Å². The quantitative estimate of drug-likeness (QED) is 0.364. The van der Waals surface area contributed by atoms with Gasteiger partial charge in [-0.05, 0) is 36.4 Å². The van der Waals surface area contributed by atoms with Crippen LogP contribution in [0.2, 0.25) is 0 Å². The lowest BCUT2D eigenvalue weighted by molar-refractivity contribution is -0.114. The number of hydrogen-bond donors (Lipinski definition) is 3. The van der Waals surface area contributed by atoms with Gasteiger partial charge in [-0.25, -0.2) is 4.98 Å². The first-order valence-corrected chi connectivity index (χ1v) is 11.0. The van der Waals surface area contributed by atoms with Gasteiger partial charge in [-0.1, -0.05) is 30.0 Å². The van der Waals surface area contributed by atoms with E-state index < -0.39 is 0 Å². The van der Waals surface area contributed by atoms with Crippen LogP contribution in [0.15, 0.2) is 75.5 Å². The summed E-state index contributed by atoms with van der Waals surface area (Å²) in [5.74, 6) is 0.285. The van der Waals surface area contributed by atoms with Gasteiger partial charge in [0.2, 0.25) is 11.8 Å².